The summed E-state index contributed by atoms with van der Waals surface area (Å²) in [7, 11) is 0. The Morgan fingerprint density at radius 1 is 0.964 bits per heavy atom. The summed E-state index contributed by atoms with van der Waals surface area (Å²) in [5.41, 5.74) is 1.56. The van der Waals surface area contributed by atoms with Crippen LogP contribution in [0.4, 0.5) is 0 Å². The van der Waals surface area contributed by atoms with Crippen molar-refractivity contribution in [2.45, 2.75) is 13.5 Å². The highest BCUT2D eigenvalue weighted by Gasteiger charge is 2.16. The van der Waals surface area contributed by atoms with Crippen LogP contribution in [0.5, 0.6) is 5.75 Å². The first-order chi connectivity index (χ1) is 13.5. The van der Waals surface area contributed by atoms with Gasteiger partial charge in [-0.2, -0.15) is 4.98 Å². The highest BCUT2D eigenvalue weighted by Crippen LogP contribution is 2.31. The Hall–Kier alpha value is -2.47. The van der Waals surface area contributed by atoms with E-state index < -0.39 is 0 Å². The number of aromatic nitrogens is 2. The molecule has 2 aromatic heterocycles. The maximum absolute atomic E-state index is 6.19. The van der Waals surface area contributed by atoms with Gasteiger partial charge >= 0.3 is 0 Å². The number of halogens is 3. The summed E-state index contributed by atoms with van der Waals surface area (Å²) in [6.45, 7) is 2.18. The summed E-state index contributed by atoms with van der Waals surface area (Å²) in [6, 6.07) is 14.0. The molecular formula is C20H13Cl3N2O3. The van der Waals surface area contributed by atoms with Crippen molar-refractivity contribution < 1.29 is 13.7 Å². The van der Waals surface area contributed by atoms with Crippen molar-refractivity contribution in [1.82, 2.24) is 10.1 Å². The van der Waals surface area contributed by atoms with Gasteiger partial charge in [-0.15, -0.1) is 0 Å². The van der Waals surface area contributed by atoms with E-state index in [1.807, 2.05) is 19.1 Å². The molecule has 0 saturated carbocycles. The predicted octanol–water partition coefficient (Wildman–Crippen LogP) is 6.84. The molecule has 0 radical (unpaired) electrons. The Labute approximate surface area is 175 Å². The zero-order chi connectivity index (χ0) is 19.7. The monoisotopic (exact) mass is 434 g/mol. The van der Waals surface area contributed by atoms with E-state index in [-0.39, 0.29) is 12.5 Å². The van der Waals surface area contributed by atoms with Crippen molar-refractivity contribution in [3.63, 3.8) is 0 Å². The number of ether oxygens (including phenoxy) is 1. The molecule has 0 atom stereocenters. The zero-order valence-corrected chi connectivity index (χ0v) is 16.8. The topological polar surface area (TPSA) is 61.3 Å². The fourth-order valence-electron chi connectivity index (χ4n) is 2.60. The van der Waals surface area contributed by atoms with Crippen molar-refractivity contribution in [1.29, 1.82) is 0 Å². The van der Waals surface area contributed by atoms with E-state index in [1.165, 1.54) is 0 Å². The van der Waals surface area contributed by atoms with E-state index >= 15 is 0 Å². The van der Waals surface area contributed by atoms with E-state index in [9.17, 15) is 0 Å². The number of rotatable bonds is 5. The van der Waals surface area contributed by atoms with Crippen LogP contribution in [0, 0.1) is 6.92 Å². The normalized spacial score (nSPS) is 11.0. The van der Waals surface area contributed by atoms with Gasteiger partial charge in [-0.05, 0) is 61.0 Å². The Bertz CT molecular complexity index is 1140. The molecule has 0 aliphatic carbocycles. The van der Waals surface area contributed by atoms with Gasteiger partial charge in [0, 0.05) is 15.6 Å². The van der Waals surface area contributed by atoms with Crippen LogP contribution in [0.2, 0.25) is 15.1 Å². The lowest BCUT2D eigenvalue weighted by Gasteiger charge is -2.07. The zero-order valence-electron chi connectivity index (χ0n) is 14.6. The Morgan fingerprint density at radius 3 is 2.54 bits per heavy atom. The first-order valence-electron chi connectivity index (χ1n) is 8.27. The number of hydrogen-bond acceptors (Lipinski definition) is 5. The fourth-order valence-corrected chi connectivity index (χ4v) is 3.32. The summed E-state index contributed by atoms with van der Waals surface area (Å²) in [6.07, 6.45) is 0. The minimum absolute atomic E-state index is 0.245. The second kappa shape index (κ2) is 7.87. The van der Waals surface area contributed by atoms with E-state index in [2.05, 4.69) is 10.1 Å². The molecule has 2 heterocycles. The third-order valence-electron chi connectivity index (χ3n) is 3.98. The van der Waals surface area contributed by atoms with E-state index in [4.69, 9.17) is 48.5 Å². The standard InChI is InChI=1S/C20H13Cl3N2O3/c1-11-8-12(21)3-6-17(11)26-10-14-4-7-18(27-14)20-24-19(25-28-20)15-5-2-13(22)9-16(15)23/h2-9H,10H2,1H3. The Balaban J connectivity index is 1.49. The Kier molecular flexibility index (Phi) is 5.31. The summed E-state index contributed by atoms with van der Waals surface area (Å²) < 4.78 is 16.8. The van der Waals surface area contributed by atoms with Gasteiger partial charge in [-0.3, -0.25) is 0 Å². The van der Waals surface area contributed by atoms with Crippen molar-refractivity contribution in [3.05, 3.63) is 74.9 Å². The van der Waals surface area contributed by atoms with Gasteiger partial charge in [0.15, 0.2) is 5.76 Å². The first-order valence-corrected chi connectivity index (χ1v) is 9.40. The molecule has 4 rings (SSSR count). The van der Waals surface area contributed by atoms with Crippen LogP contribution < -0.4 is 4.74 Å². The number of furan rings is 1. The maximum atomic E-state index is 6.19. The van der Waals surface area contributed by atoms with Gasteiger partial charge in [0.2, 0.25) is 5.82 Å². The number of aryl methyl sites for hydroxylation is 1. The molecule has 142 valence electrons. The van der Waals surface area contributed by atoms with Crippen LogP contribution >= 0.6 is 34.8 Å². The van der Waals surface area contributed by atoms with E-state index in [0.29, 0.717) is 38.0 Å². The molecule has 0 saturated heterocycles. The molecule has 8 heteroatoms. The average Bonchev–Trinajstić information content (AvgIpc) is 3.30. The van der Waals surface area contributed by atoms with Crippen LogP contribution in [0.3, 0.4) is 0 Å². The fraction of sp³-hybridized carbons (Fsp3) is 0.100. The van der Waals surface area contributed by atoms with Crippen molar-refractivity contribution in [2.24, 2.45) is 0 Å². The van der Waals surface area contributed by atoms with Crippen LogP contribution in [-0.2, 0) is 6.61 Å². The lowest BCUT2D eigenvalue weighted by atomic mass is 10.2. The van der Waals surface area contributed by atoms with Crippen LogP contribution in [0.1, 0.15) is 11.3 Å². The number of nitrogens with zero attached hydrogens (tertiary/aromatic N) is 2. The van der Waals surface area contributed by atoms with Crippen LogP contribution in [0.15, 0.2) is 57.5 Å². The van der Waals surface area contributed by atoms with Crippen LogP contribution in [-0.4, -0.2) is 10.1 Å². The minimum Gasteiger partial charge on any atom is -0.485 e. The number of benzene rings is 2. The maximum Gasteiger partial charge on any atom is 0.293 e. The van der Waals surface area contributed by atoms with E-state index in [1.54, 1.807) is 36.4 Å². The van der Waals surface area contributed by atoms with Crippen molar-refractivity contribution in [2.75, 3.05) is 0 Å². The second-order valence-electron chi connectivity index (χ2n) is 6.01. The molecule has 0 aliphatic rings. The van der Waals surface area contributed by atoms with Gasteiger partial charge in [0.1, 0.15) is 18.1 Å². The largest absolute Gasteiger partial charge is 0.485 e. The average molecular weight is 436 g/mol. The lowest BCUT2D eigenvalue weighted by molar-refractivity contribution is 0.269. The molecule has 0 unspecified atom stereocenters. The second-order valence-corrected chi connectivity index (χ2v) is 7.29. The van der Waals surface area contributed by atoms with Crippen molar-refractivity contribution in [3.8, 4) is 28.8 Å². The summed E-state index contributed by atoms with van der Waals surface area (Å²) in [5.74, 6) is 2.39. The van der Waals surface area contributed by atoms with Gasteiger partial charge < -0.3 is 13.7 Å². The van der Waals surface area contributed by atoms with Crippen molar-refractivity contribution >= 4 is 34.8 Å². The SMILES string of the molecule is Cc1cc(Cl)ccc1OCc1ccc(-c2nc(-c3ccc(Cl)cc3Cl)no2)o1. The molecule has 0 aliphatic heterocycles. The summed E-state index contributed by atoms with van der Waals surface area (Å²) in [5, 5.41) is 5.59. The minimum atomic E-state index is 0.245. The quantitative estimate of drug-likeness (QED) is 0.343. The molecule has 4 aromatic rings. The molecule has 28 heavy (non-hydrogen) atoms. The van der Waals surface area contributed by atoms with Gasteiger partial charge in [0.05, 0.1) is 5.02 Å². The Morgan fingerprint density at radius 2 is 1.75 bits per heavy atom. The molecule has 0 fully saturated rings. The molecule has 2 aromatic carbocycles. The smallest absolute Gasteiger partial charge is 0.293 e. The summed E-state index contributed by atoms with van der Waals surface area (Å²) in [4.78, 5) is 4.34. The predicted molar refractivity (Wildman–Crippen MR) is 108 cm³/mol. The summed E-state index contributed by atoms with van der Waals surface area (Å²) >= 11 is 18.1. The highest BCUT2D eigenvalue weighted by molar-refractivity contribution is 6.36. The highest BCUT2D eigenvalue weighted by atomic mass is 35.5. The van der Waals surface area contributed by atoms with E-state index in [0.717, 1.165) is 11.3 Å². The van der Waals surface area contributed by atoms with Gasteiger partial charge in [-0.25, -0.2) is 0 Å². The van der Waals surface area contributed by atoms with Gasteiger partial charge in [0.25, 0.3) is 5.89 Å². The molecule has 0 amide bonds. The van der Waals surface area contributed by atoms with Gasteiger partial charge in [-0.1, -0.05) is 40.0 Å². The third kappa shape index (κ3) is 4.02. The molecular weight excluding hydrogens is 423 g/mol. The first kappa shape index (κ1) is 18.9. The van der Waals surface area contributed by atoms with Crippen LogP contribution in [0.25, 0.3) is 23.0 Å². The molecule has 0 bridgehead atoms. The molecule has 0 N–H and O–H groups in total. The third-order valence-corrected chi connectivity index (χ3v) is 4.76. The lowest BCUT2D eigenvalue weighted by Crippen LogP contribution is -1.95. The number of hydrogen-bond donors (Lipinski definition) is 0. The molecule has 0 spiro atoms. The molecule has 5 nitrogen and oxygen atoms in total.